The Morgan fingerprint density at radius 2 is 2.43 bits per heavy atom. The first-order valence-corrected chi connectivity index (χ1v) is 4.35. The zero-order chi connectivity index (χ0) is 9.80. The van der Waals surface area contributed by atoms with Gasteiger partial charge in [0.2, 0.25) is 0 Å². The molecule has 0 fully saturated rings. The van der Waals surface area contributed by atoms with E-state index in [0.717, 1.165) is 17.9 Å². The summed E-state index contributed by atoms with van der Waals surface area (Å²) in [6.45, 7) is 0.732. The fourth-order valence-corrected chi connectivity index (χ4v) is 1.27. The van der Waals surface area contributed by atoms with Crippen molar-refractivity contribution in [2.24, 2.45) is 0 Å². The van der Waals surface area contributed by atoms with Crippen LogP contribution in [-0.2, 0) is 6.54 Å². The molecule has 0 saturated heterocycles. The second-order valence-corrected chi connectivity index (χ2v) is 2.85. The zero-order valence-corrected chi connectivity index (χ0v) is 7.88. The van der Waals surface area contributed by atoms with Crippen LogP contribution in [0.15, 0.2) is 31.0 Å². The van der Waals surface area contributed by atoms with E-state index in [9.17, 15) is 0 Å². The molecule has 0 bridgehead atoms. The lowest BCUT2D eigenvalue weighted by molar-refractivity contribution is 0.762. The van der Waals surface area contributed by atoms with Crippen LogP contribution in [0.3, 0.4) is 0 Å². The molecule has 0 unspecified atom stereocenters. The Hall–Kier alpha value is -1.75. The Morgan fingerprint density at radius 3 is 3.14 bits per heavy atom. The highest BCUT2D eigenvalue weighted by Gasteiger charge is 2.04. The van der Waals surface area contributed by atoms with E-state index >= 15 is 0 Å². The van der Waals surface area contributed by atoms with Crippen LogP contribution in [0.25, 0.3) is 5.82 Å². The Labute approximate surface area is 81.8 Å². The van der Waals surface area contributed by atoms with Crippen LogP contribution in [-0.4, -0.2) is 26.8 Å². The first-order valence-electron chi connectivity index (χ1n) is 4.35. The van der Waals surface area contributed by atoms with Crippen molar-refractivity contribution in [2.75, 3.05) is 7.05 Å². The number of rotatable bonds is 3. The van der Waals surface area contributed by atoms with Crippen molar-refractivity contribution >= 4 is 0 Å². The highest BCUT2D eigenvalue weighted by atomic mass is 15.3. The second-order valence-electron chi connectivity index (χ2n) is 2.85. The number of hydrogen-bond acceptors (Lipinski definition) is 4. The fraction of sp³-hybridized carbons (Fsp3) is 0.222. The maximum atomic E-state index is 4.19. The zero-order valence-electron chi connectivity index (χ0n) is 7.88. The van der Waals surface area contributed by atoms with Crippen LogP contribution in [0, 0.1) is 0 Å². The molecule has 14 heavy (non-hydrogen) atoms. The predicted molar refractivity (Wildman–Crippen MR) is 51.9 cm³/mol. The van der Waals surface area contributed by atoms with Gasteiger partial charge in [-0.05, 0) is 13.1 Å². The molecule has 0 aliphatic carbocycles. The maximum absolute atomic E-state index is 4.19. The lowest BCUT2D eigenvalue weighted by Gasteiger charge is -2.06. The van der Waals surface area contributed by atoms with Crippen LogP contribution in [0.5, 0.6) is 0 Å². The Balaban J connectivity index is 2.42. The molecule has 0 amide bonds. The van der Waals surface area contributed by atoms with Crippen molar-refractivity contribution < 1.29 is 0 Å². The molecule has 5 nitrogen and oxygen atoms in total. The van der Waals surface area contributed by atoms with Gasteiger partial charge in [-0.3, -0.25) is 0 Å². The van der Waals surface area contributed by atoms with E-state index in [1.807, 2.05) is 19.3 Å². The summed E-state index contributed by atoms with van der Waals surface area (Å²) < 4.78 is 1.73. The predicted octanol–water partition coefficient (Wildman–Crippen LogP) is 0.382. The first kappa shape index (κ1) is 8.83. The molecule has 2 rings (SSSR count). The SMILES string of the molecule is CNCc1cncnc1-n1cccn1. The van der Waals surface area contributed by atoms with Gasteiger partial charge in [0.25, 0.3) is 0 Å². The number of nitrogens with one attached hydrogen (secondary N) is 1. The van der Waals surface area contributed by atoms with Crippen LogP contribution < -0.4 is 5.32 Å². The van der Waals surface area contributed by atoms with E-state index in [2.05, 4.69) is 20.4 Å². The van der Waals surface area contributed by atoms with E-state index in [4.69, 9.17) is 0 Å². The topological polar surface area (TPSA) is 55.6 Å². The number of nitrogens with zero attached hydrogens (tertiary/aromatic N) is 4. The van der Waals surface area contributed by atoms with E-state index in [0.29, 0.717) is 0 Å². The molecule has 1 N–H and O–H groups in total. The minimum Gasteiger partial charge on any atom is -0.315 e. The van der Waals surface area contributed by atoms with Gasteiger partial charge in [-0.2, -0.15) is 5.10 Å². The fourth-order valence-electron chi connectivity index (χ4n) is 1.27. The van der Waals surface area contributed by atoms with Crippen molar-refractivity contribution in [3.8, 4) is 5.82 Å². The molecule has 0 radical (unpaired) electrons. The van der Waals surface area contributed by atoms with Gasteiger partial charge in [0, 0.05) is 30.7 Å². The van der Waals surface area contributed by atoms with Crippen LogP contribution >= 0.6 is 0 Å². The molecule has 0 atom stereocenters. The molecule has 0 aliphatic rings. The number of hydrogen-bond donors (Lipinski definition) is 1. The summed E-state index contributed by atoms with van der Waals surface area (Å²) in [5, 5.41) is 7.19. The Kier molecular flexibility index (Phi) is 2.51. The van der Waals surface area contributed by atoms with Crippen molar-refractivity contribution in [1.82, 2.24) is 25.1 Å². The quantitative estimate of drug-likeness (QED) is 0.758. The van der Waals surface area contributed by atoms with Gasteiger partial charge in [0.15, 0.2) is 5.82 Å². The molecule has 2 heterocycles. The minimum absolute atomic E-state index is 0.732. The highest BCUT2D eigenvalue weighted by molar-refractivity contribution is 5.29. The molecule has 5 heteroatoms. The van der Waals surface area contributed by atoms with Gasteiger partial charge in [-0.25, -0.2) is 14.6 Å². The summed E-state index contributed by atoms with van der Waals surface area (Å²) in [7, 11) is 1.89. The minimum atomic E-state index is 0.732. The Bertz CT molecular complexity index is 395. The maximum Gasteiger partial charge on any atom is 0.161 e. The molecule has 0 spiro atoms. The molecular weight excluding hydrogens is 178 g/mol. The summed E-state index contributed by atoms with van der Waals surface area (Å²) in [6.07, 6.45) is 6.91. The van der Waals surface area contributed by atoms with E-state index in [1.54, 1.807) is 17.1 Å². The van der Waals surface area contributed by atoms with E-state index in [-0.39, 0.29) is 0 Å². The van der Waals surface area contributed by atoms with Crippen molar-refractivity contribution in [1.29, 1.82) is 0 Å². The molecule has 0 aliphatic heterocycles. The highest BCUT2D eigenvalue weighted by Crippen LogP contribution is 2.07. The third kappa shape index (κ3) is 1.62. The van der Waals surface area contributed by atoms with Crippen molar-refractivity contribution in [3.05, 3.63) is 36.5 Å². The molecule has 2 aromatic heterocycles. The average molecular weight is 189 g/mol. The molecule has 0 aromatic carbocycles. The normalized spacial score (nSPS) is 10.4. The molecule has 2 aromatic rings. The smallest absolute Gasteiger partial charge is 0.161 e. The average Bonchev–Trinajstić information content (AvgIpc) is 2.72. The third-order valence-electron chi connectivity index (χ3n) is 1.85. The standard InChI is InChI=1S/C9H11N5/c1-10-5-8-6-11-7-12-9(8)14-4-2-3-13-14/h2-4,6-7,10H,5H2,1H3. The summed E-state index contributed by atoms with van der Waals surface area (Å²) in [5.41, 5.74) is 1.03. The number of aromatic nitrogens is 4. The molecule has 72 valence electrons. The third-order valence-corrected chi connectivity index (χ3v) is 1.85. The molecular formula is C9H11N5. The second kappa shape index (κ2) is 3.97. The van der Waals surface area contributed by atoms with Crippen LogP contribution in [0.1, 0.15) is 5.56 Å². The summed E-state index contributed by atoms with van der Waals surface area (Å²) in [5.74, 6) is 0.819. The van der Waals surface area contributed by atoms with Gasteiger partial charge >= 0.3 is 0 Å². The van der Waals surface area contributed by atoms with Crippen molar-refractivity contribution in [2.45, 2.75) is 6.54 Å². The summed E-state index contributed by atoms with van der Waals surface area (Å²) >= 11 is 0. The van der Waals surface area contributed by atoms with Crippen LogP contribution in [0.4, 0.5) is 0 Å². The first-order chi connectivity index (χ1) is 6.92. The van der Waals surface area contributed by atoms with Gasteiger partial charge in [-0.15, -0.1) is 0 Å². The van der Waals surface area contributed by atoms with Crippen LogP contribution in [0.2, 0.25) is 0 Å². The largest absolute Gasteiger partial charge is 0.315 e. The van der Waals surface area contributed by atoms with E-state index < -0.39 is 0 Å². The van der Waals surface area contributed by atoms with Gasteiger partial charge < -0.3 is 5.32 Å². The lowest BCUT2D eigenvalue weighted by Crippen LogP contribution is -2.11. The monoisotopic (exact) mass is 189 g/mol. The molecule has 0 saturated carbocycles. The Morgan fingerprint density at radius 1 is 1.50 bits per heavy atom. The van der Waals surface area contributed by atoms with E-state index in [1.165, 1.54) is 6.33 Å². The summed E-state index contributed by atoms with van der Waals surface area (Å²) in [4.78, 5) is 8.17. The van der Waals surface area contributed by atoms with Crippen molar-refractivity contribution in [3.63, 3.8) is 0 Å². The lowest BCUT2D eigenvalue weighted by atomic mass is 10.3. The van der Waals surface area contributed by atoms with Gasteiger partial charge in [0.05, 0.1) is 0 Å². The van der Waals surface area contributed by atoms with Gasteiger partial charge in [0.1, 0.15) is 6.33 Å². The summed E-state index contributed by atoms with van der Waals surface area (Å²) in [6, 6.07) is 1.87. The van der Waals surface area contributed by atoms with Gasteiger partial charge in [-0.1, -0.05) is 0 Å².